The molecular weight excluding hydrogens is 300 g/mol. The van der Waals surface area contributed by atoms with Gasteiger partial charge in [-0.05, 0) is 37.5 Å². The number of pyridine rings is 1. The van der Waals surface area contributed by atoms with E-state index in [2.05, 4.69) is 10.1 Å². The fourth-order valence-electron chi connectivity index (χ4n) is 3.56. The highest BCUT2D eigenvalue weighted by atomic mass is 16.2. The lowest BCUT2D eigenvalue weighted by Gasteiger charge is -2.35. The number of likely N-dealkylation sites (tertiary alicyclic amines) is 1. The van der Waals surface area contributed by atoms with Crippen LogP contribution in [0.25, 0.3) is 10.9 Å². The first-order valence-corrected chi connectivity index (χ1v) is 8.39. The molecule has 1 aliphatic rings. The number of piperidine rings is 1. The molecule has 1 aliphatic heterocycles. The van der Waals surface area contributed by atoms with E-state index in [4.69, 9.17) is 0 Å². The smallest absolute Gasteiger partial charge is 0.275 e. The summed E-state index contributed by atoms with van der Waals surface area (Å²) in [6, 6.07) is 13.8. The molecule has 1 aromatic carbocycles. The van der Waals surface area contributed by atoms with Gasteiger partial charge in [-0.15, -0.1) is 0 Å². The van der Waals surface area contributed by atoms with Crippen LogP contribution in [0.3, 0.4) is 0 Å². The Morgan fingerprint density at radius 2 is 1.96 bits per heavy atom. The summed E-state index contributed by atoms with van der Waals surface area (Å²) in [6.07, 6.45) is 4.89. The molecule has 24 heavy (non-hydrogen) atoms. The Hall–Kier alpha value is -2.69. The number of carbonyl (C=O) groups excluding carboxylic acids is 1. The van der Waals surface area contributed by atoms with Crippen molar-refractivity contribution in [1.29, 1.82) is 0 Å². The minimum atomic E-state index is 0.00199. The number of carbonyl (C=O) groups is 1. The van der Waals surface area contributed by atoms with Gasteiger partial charge in [-0.3, -0.25) is 14.5 Å². The summed E-state index contributed by atoms with van der Waals surface area (Å²) in [7, 11) is 1.88. The minimum absolute atomic E-state index is 0.00199. The first kappa shape index (κ1) is 14.9. The zero-order chi connectivity index (χ0) is 16.5. The molecule has 0 spiro atoms. The lowest BCUT2D eigenvalue weighted by Crippen LogP contribution is -2.39. The molecular formula is C19H20N4O. The average Bonchev–Trinajstić information content (AvgIpc) is 2.99. The second-order valence-electron chi connectivity index (χ2n) is 6.25. The maximum Gasteiger partial charge on any atom is 0.275 e. The van der Waals surface area contributed by atoms with Crippen molar-refractivity contribution in [3.8, 4) is 0 Å². The molecule has 0 aliphatic carbocycles. The van der Waals surface area contributed by atoms with Crippen LogP contribution in [0, 0.1) is 0 Å². The number of benzene rings is 1. The molecule has 1 amide bonds. The third kappa shape index (κ3) is 2.46. The topological polar surface area (TPSA) is 51.0 Å². The number of aromatic nitrogens is 3. The van der Waals surface area contributed by atoms with Crippen LogP contribution in [0.2, 0.25) is 0 Å². The van der Waals surface area contributed by atoms with Gasteiger partial charge in [0, 0.05) is 25.2 Å². The van der Waals surface area contributed by atoms with Crippen LogP contribution in [0.1, 0.15) is 41.5 Å². The predicted molar refractivity (Wildman–Crippen MR) is 92.6 cm³/mol. The van der Waals surface area contributed by atoms with E-state index < -0.39 is 0 Å². The molecule has 3 aromatic rings. The van der Waals surface area contributed by atoms with Crippen LogP contribution in [-0.4, -0.2) is 32.1 Å². The molecule has 5 nitrogen and oxygen atoms in total. The monoisotopic (exact) mass is 320 g/mol. The van der Waals surface area contributed by atoms with Gasteiger partial charge in [0.1, 0.15) is 0 Å². The number of amides is 1. The Bertz CT molecular complexity index is 871. The summed E-state index contributed by atoms with van der Waals surface area (Å²) < 4.78 is 1.78. The summed E-state index contributed by atoms with van der Waals surface area (Å²) in [4.78, 5) is 19.7. The predicted octanol–water partition coefficient (Wildman–Crippen LogP) is 3.34. The Morgan fingerprint density at radius 1 is 1.12 bits per heavy atom. The molecule has 0 bridgehead atoms. The Morgan fingerprint density at radius 3 is 2.79 bits per heavy atom. The van der Waals surface area contributed by atoms with E-state index in [1.807, 2.05) is 54.4 Å². The van der Waals surface area contributed by atoms with Crippen LogP contribution in [0.4, 0.5) is 0 Å². The van der Waals surface area contributed by atoms with Gasteiger partial charge < -0.3 is 4.90 Å². The zero-order valence-electron chi connectivity index (χ0n) is 13.7. The molecule has 1 fully saturated rings. The van der Waals surface area contributed by atoms with Gasteiger partial charge in [-0.25, -0.2) is 0 Å². The van der Waals surface area contributed by atoms with Crippen LogP contribution in [-0.2, 0) is 7.05 Å². The number of aryl methyl sites for hydroxylation is 1. The first-order valence-electron chi connectivity index (χ1n) is 8.39. The Labute approximate surface area is 140 Å². The van der Waals surface area contributed by atoms with E-state index >= 15 is 0 Å². The number of nitrogens with zero attached hydrogens (tertiary/aromatic N) is 4. The summed E-state index contributed by atoms with van der Waals surface area (Å²) in [6.45, 7) is 0.755. The fourth-order valence-corrected chi connectivity index (χ4v) is 3.56. The molecule has 1 saturated heterocycles. The normalized spacial score (nSPS) is 18.0. The summed E-state index contributed by atoms with van der Waals surface area (Å²) in [5, 5.41) is 5.41. The lowest BCUT2D eigenvalue weighted by molar-refractivity contribution is 0.0601. The van der Waals surface area contributed by atoms with Gasteiger partial charge >= 0.3 is 0 Å². The Kier molecular flexibility index (Phi) is 3.76. The molecule has 122 valence electrons. The van der Waals surface area contributed by atoms with E-state index in [-0.39, 0.29) is 11.9 Å². The molecule has 3 heterocycles. The fraction of sp³-hybridized carbons (Fsp3) is 0.316. The number of rotatable bonds is 2. The van der Waals surface area contributed by atoms with Crippen LogP contribution in [0.5, 0.6) is 0 Å². The van der Waals surface area contributed by atoms with E-state index in [1.54, 1.807) is 10.9 Å². The molecule has 0 saturated carbocycles. The molecule has 0 N–H and O–H groups in total. The first-order chi connectivity index (χ1) is 11.8. The van der Waals surface area contributed by atoms with Crippen LogP contribution < -0.4 is 0 Å². The molecule has 0 unspecified atom stereocenters. The van der Waals surface area contributed by atoms with Crippen molar-refractivity contribution in [1.82, 2.24) is 19.7 Å². The maximum atomic E-state index is 13.2. The summed E-state index contributed by atoms with van der Waals surface area (Å²) >= 11 is 0. The van der Waals surface area contributed by atoms with Crippen molar-refractivity contribution in [2.45, 2.75) is 25.3 Å². The maximum absolute atomic E-state index is 13.2. The van der Waals surface area contributed by atoms with Crippen molar-refractivity contribution >= 4 is 16.8 Å². The zero-order valence-corrected chi connectivity index (χ0v) is 13.7. The van der Waals surface area contributed by atoms with Gasteiger partial charge in [-0.1, -0.05) is 24.3 Å². The van der Waals surface area contributed by atoms with Crippen molar-refractivity contribution < 1.29 is 4.79 Å². The highest BCUT2D eigenvalue weighted by Gasteiger charge is 2.31. The molecule has 4 rings (SSSR count). The lowest BCUT2D eigenvalue weighted by atomic mass is 9.98. The third-order valence-electron chi connectivity index (χ3n) is 4.75. The van der Waals surface area contributed by atoms with Crippen LogP contribution >= 0.6 is 0 Å². The van der Waals surface area contributed by atoms with Crippen LogP contribution in [0.15, 0.2) is 48.7 Å². The number of hydrogen-bond donors (Lipinski definition) is 0. The standard InChI is InChI=1S/C19H20N4O/c1-22-16-10-3-2-8-14(16)18(21-22)19(24)23-13-7-5-11-17(23)15-9-4-6-12-20-15/h2-4,6,8-10,12,17H,5,7,11,13H2,1H3/t17-/m0/s1. The average molecular weight is 320 g/mol. The van der Waals surface area contributed by atoms with Gasteiger partial charge in [-0.2, -0.15) is 5.10 Å². The van der Waals surface area contributed by atoms with E-state index in [0.29, 0.717) is 5.69 Å². The second kappa shape index (κ2) is 6.07. The molecule has 1 atom stereocenters. The van der Waals surface area contributed by atoms with E-state index in [1.165, 1.54) is 0 Å². The van der Waals surface area contributed by atoms with Gasteiger partial charge in [0.05, 0.1) is 17.3 Å². The van der Waals surface area contributed by atoms with Crippen molar-refractivity contribution in [2.75, 3.05) is 6.54 Å². The van der Waals surface area contributed by atoms with Gasteiger partial charge in [0.2, 0.25) is 0 Å². The van der Waals surface area contributed by atoms with E-state index in [0.717, 1.165) is 42.4 Å². The molecule has 2 aromatic heterocycles. The summed E-state index contributed by atoms with van der Waals surface area (Å²) in [5.41, 5.74) is 2.48. The SMILES string of the molecule is Cn1nc(C(=O)N2CCCC[C@H]2c2ccccn2)c2ccccc21. The molecule has 0 radical (unpaired) electrons. The number of fused-ring (bicyclic) bond motifs is 1. The summed E-state index contributed by atoms with van der Waals surface area (Å²) in [5.74, 6) is 0.00199. The quantitative estimate of drug-likeness (QED) is 0.728. The highest BCUT2D eigenvalue weighted by molar-refractivity contribution is 6.05. The van der Waals surface area contributed by atoms with Crippen molar-refractivity contribution in [3.63, 3.8) is 0 Å². The van der Waals surface area contributed by atoms with E-state index in [9.17, 15) is 4.79 Å². The largest absolute Gasteiger partial charge is 0.329 e. The molecule has 5 heteroatoms. The second-order valence-corrected chi connectivity index (χ2v) is 6.25. The van der Waals surface area contributed by atoms with Gasteiger partial charge in [0.25, 0.3) is 5.91 Å². The van der Waals surface area contributed by atoms with Crippen molar-refractivity contribution in [3.05, 3.63) is 60.0 Å². The number of para-hydroxylation sites is 1. The van der Waals surface area contributed by atoms with Crippen molar-refractivity contribution in [2.24, 2.45) is 7.05 Å². The van der Waals surface area contributed by atoms with Gasteiger partial charge in [0.15, 0.2) is 5.69 Å². The highest BCUT2D eigenvalue weighted by Crippen LogP contribution is 2.32. The third-order valence-corrected chi connectivity index (χ3v) is 4.75. The Balaban J connectivity index is 1.74. The number of hydrogen-bond acceptors (Lipinski definition) is 3. The minimum Gasteiger partial charge on any atom is -0.329 e.